The number of hydrogen-bond donors (Lipinski definition) is 2. The van der Waals surface area contributed by atoms with Crippen LogP contribution in [0.3, 0.4) is 0 Å². The van der Waals surface area contributed by atoms with Crippen LogP contribution in [0.15, 0.2) is 12.2 Å². The van der Waals surface area contributed by atoms with Gasteiger partial charge >= 0.3 is 0 Å². The molecule has 0 saturated carbocycles. The first-order chi connectivity index (χ1) is 9.20. The van der Waals surface area contributed by atoms with Gasteiger partial charge in [0.25, 0.3) is 0 Å². The molecule has 0 amide bonds. The van der Waals surface area contributed by atoms with Gasteiger partial charge in [-0.3, -0.25) is 0 Å². The Kier molecular flexibility index (Phi) is 12.4. The van der Waals surface area contributed by atoms with E-state index in [2.05, 4.69) is 30.6 Å². The third-order valence-corrected chi connectivity index (χ3v) is 2.70. The van der Waals surface area contributed by atoms with Gasteiger partial charge in [0.1, 0.15) is 12.2 Å². The summed E-state index contributed by atoms with van der Waals surface area (Å²) in [4.78, 5) is 0. The summed E-state index contributed by atoms with van der Waals surface area (Å²) in [7, 11) is 0. The van der Waals surface area contributed by atoms with Crippen molar-refractivity contribution in [1.29, 1.82) is 0 Å². The second kappa shape index (κ2) is 13.2. The number of rotatable bonds is 8. The van der Waals surface area contributed by atoms with E-state index in [-0.39, 0.29) is 0 Å². The van der Waals surface area contributed by atoms with Crippen LogP contribution in [0.2, 0.25) is 0 Å². The van der Waals surface area contributed by atoms with Gasteiger partial charge in [0.15, 0.2) is 0 Å². The van der Waals surface area contributed by atoms with E-state index >= 15 is 0 Å². The zero-order valence-corrected chi connectivity index (χ0v) is 12.2. The van der Waals surface area contributed by atoms with Crippen molar-refractivity contribution in [2.75, 3.05) is 0 Å². The Bertz CT molecular complexity index is 349. The minimum absolute atomic E-state index is 0.592. The van der Waals surface area contributed by atoms with Crippen LogP contribution in [-0.4, -0.2) is 22.4 Å². The number of aliphatic hydroxyl groups is 2. The van der Waals surface area contributed by atoms with Gasteiger partial charge in [0.2, 0.25) is 0 Å². The van der Waals surface area contributed by atoms with E-state index in [1.54, 1.807) is 6.08 Å². The lowest BCUT2D eigenvalue weighted by Gasteiger charge is -1.97. The smallest absolute Gasteiger partial charge is 0.134 e. The SMILES string of the molecule is CCCCCCC/C=C\[C@@H](O)C#CC#C[C@@H](O)CC. The van der Waals surface area contributed by atoms with Crippen LogP contribution in [0.25, 0.3) is 0 Å². The maximum Gasteiger partial charge on any atom is 0.134 e. The normalized spacial score (nSPS) is 13.3. The average Bonchev–Trinajstić information content (AvgIpc) is 2.42. The summed E-state index contributed by atoms with van der Waals surface area (Å²) in [6.45, 7) is 4.06. The highest BCUT2D eigenvalue weighted by Gasteiger charge is 1.91. The lowest BCUT2D eigenvalue weighted by Crippen LogP contribution is -1.99. The molecule has 0 aliphatic rings. The Balaban J connectivity index is 3.75. The summed E-state index contributed by atoms with van der Waals surface area (Å²) in [5.41, 5.74) is 0. The summed E-state index contributed by atoms with van der Waals surface area (Å²) in [5, 5.41) is 18.7. The Morgan fingerprint density at radius 1 is 0.947 bits per heavy atom. The number of allylic oxidation sites excluding steroid dienone is 1. The second-order valence-electron chi connectivity index (χ2n) is 4.54. The van der Waals surface area contributed by atoms with E-state index in [0.717, 1.165) is 6.42 Å². The summed E-state index contributed by atoms with van der Waals surface area (Å²) in [6, 6.07) is 0. The molecule has 0 bridgehead atoms. The van der Waals surface area contributed by atoms with E-state index in [0.29, 0.717) is 6.42 Å². The first kappa shape index (κ1) is 17.8. The molecule has 0 spiro atoms. The molecule has 2 N–H and O–H groups in total. The Hall–Kier alpha value is -1.22. The van der Waals surface area contributed by atoms with Gasteiger partial charge < -0.3 is 10.2 Å². The van der Waals surface area contributed by atoms with Crippen LogP contribution >= 0.6 is 0 Å². The number of unbranched alkanes of at least 4 members (excludes halogenated alkanes) is 5. The molecule has 2 heteroatoms. The first-order valence-electron chi connectivity index (χ1n) is 7.24. The van der Waals surface area contributed by atoms with E-state index in [9.17, 15) is 5.11 Å². The van der Waals surface area contributed by atoms with Crippen molar-refractivity contribution in [2.45, 2.75) is 71.0 Å². The van der Waals surface area contributed by atoms with Gasteiger partial charge in [-0.15, -0.1) is 0 Å². The second-order valence-corrected chi connectivity index (χ2v) is 4.54. The minimum Gasteiger partial charge on any atom is -0.380 e. The van der Waals surface area contributed by atoms with Gasteiger partial charge in [-0.1, -0.05) is 57.4 Å². The van der Waals surface area contributed by atoms with Gasteiger partial charge in [0.05, 0.1) is 0 Å². The molecule has 0 aliphatic carbocycles. The Morgan fingerprint density at radius 2 is 1.63 bits per heavy atom. The third-order valence-electron chi connectivity index (χ3n) is 2.70. The van der Waals surface area contributed by atoms with Crippen molar-refractivity contribution >= 4 is 0 Å². The topological polar surface area (TPSA) is 40.5 Å². The quantitative estimate of drug-likeness (QED) is 0.401. The van der Waals surface area contributed by atoms with Crippen molar-refractivity contribution < 1.29 is 10.2 Å². The maximum absolute atomic E-state index is 9.52. The number of aliphatic hydroxyl groups excluding tert-OH is 2. The molecule has 19 heavy (non-hydrogen) atoms. The lowest BCUT2D eigenvalue weighted by molar-refractivity contribution is 0.228. The highest BCUT2D eigenvalue weighted by atomic mass is 16.3. The van der Waals surface area contributed by atoms with Crippen molar-refractivity contribution in [3.8, 4) is 23.7 Å². The molecule has 0 aromatic carbocycles. The van der Waals surface area contributed by atoms with Crippen LogP contribution in [0.4, 0.5) is 0 Å². The molecule has 0 rings (SSSR count). The zero-order valence-electron chi connectivity index (χ0n) is 12.2. The first-order valence-corrected chi connectivity index (χ1v) is 7.24. The van der Waals surface area contributed by atoms with Gasteiger partial charge in [-0.2, -0.15) is 0 Å². The summed E-state index contributed by atoms with van der Waals surface area (Å²) in [5.74, 6) is 10.3. The largest absolute Gasteiger partial charge is 0.380 e. The third kappa shape index (κ3) is 13.0. The minimum atomic E-state index is -0.760. The summed E-state index contributed by atoms with van der Waals surface area (Å²) >= 11 is 0. The van der Waals surface area contributed by atoms with Crippen molar-refractivity contribution in [2.24, 2.45) is 0 Å². The molecular formula is C17H26O2. The van der Waals surface area contributed by atoms with Crippen LogP contribution in [0.5, 0.6) is 0 Å². The standard InChI is InChI=1S/C17H26O2/c1-3-5-6-7-8-9-10-14-17(19)15-12-11-13-16(18)4-2/h10,14,16-19H,3-9H2,1-2H3/b14-10-/t16-,17+/m0/s1. The molecule has 0 unspecified atom stereocenters. The molecule has 2 atom stereocenters. The zero-order chi connectivity index (χ0) is 14.3. The predicted octanol–water partition coefficient (Wildman–Crippen LogP) is 3.04. The molecular weight excluding hydrogens is 236 g/mol. The van der Waals surface area contributed by atoms with Crippen LogP contribution in [0.1, 0.15) is 58.8 Å². The molecule has 106 valence electrons. The molecule has 0 aromatic heterocycles. The van der Waals surface area contributed by atoms with Gasteiger partial charge in [-0.05, 0) is 37.2 Å². The molecule has 0 fully saturated rings. The molecule has 0 heterocycles. The summed E-state index contributed by atoms with van der Waals surface area (Å²) < 4.78 is 0. The van der Waals surface area contributed by atoms with Gasteiger partial charge in [-0.25, -0.2) is 0 Å². The Labute approximate surface area is 117 Å². The van der Waals surface area contributed by atoms with Crippen LogP contribution in [-0.2, 0) is 0 Å². The molecule has 0 saturated heterocycles. The van der Waals surface area contributed by atoms with Crippen LogP contribution in [0, 0.1) is 23.7 Å². The highest BCUT2D eigenvalue weighted by molar-refractivity contribution is 5.29. The molecule has 0 aromatic rings. The fourth-order valence-corrected chi connectivity index (χ4v) is 1.47. The fourth-order valence-electron chi connectivity index (χ4n) is 1.47. The summed E-state index contributed by atoms with van der Waals surface area (Å²) in [6.07, 6.45) is 10.1. The van der Waals surface area contributed by atoms with E-state index < -0.39 is 12.2 Å². The highest BCUT2D eigenvalue weighted by Crippen LogP contribution is 2.05. The monoisotopic (exact) mass is 262 g/mol. The van der Waals surface area contributed by atoms with E-state index in [1.165, 1.54) is 32.1 Å². The molecule has 0 aliphatic heterocycles. The fraction of sp³-hybridized carbons (Fsp3) is 0.647. The maximum atomic E-state index is 9.52. The van der Waals surface area contributed by atoms with Crippen LogP contribution < -0.4 is 0 Å². The average molecular weight is 262 g/mol. The van der Waals surface area contributed by atoms with Crippen molar-refractivity contribution in [3.63, 3.8) is 0 Å². The number of hydrogen-bond acceptors (Lipinski definition) is 2. The predicted molar refractivity (Wildman–Crippen MR) is 80.4 cm³/mol. The lowest BCUT2D eigenvalue weighted by atomic mass is 10.1. The Morgan fingerprint density at radius 3 is 2.32 bits per heavy atom. The van der Waals surface area contributed by atoms with E-state index in [1.807, 2.05) is 13.0 Å². The van der Waals surface area contributed by atoms with E-state index in [4.69, 9.17) is 5.11 Å². The van der Waals surface area contributed by atoms with Crippen molar-refractivity contribution in [3.05, 3.63) is 12.2 Å². The molecule has 2 nitrogen and oxygen atoms in total. The molecule has 0 radical (unpaired) electrons. The van der Waals surface area contributed by atoms with Gasteiger partial charge in [0, 0.05) is 0 Å². The van der Waals surface area contributed by atoms with Crippen molar-refractivity contribution in [1.82, 2.24) is 0 Å².